The molecule has 128 valence electrons. The number of thiophene rings is 1. The molecule has 0 spiro atoms. The highest BCUT2D eigenvalue weighted by Crippen LogP contribution is 2.26. The molecular formula is C19H24N2OS2. The predicted octanol–water partition coefficient (Wildman–Crippen LogP) is 4.58. The number of nitrogens with one attached hydrogen (secondary N) is 1. The van der Waals surface area contributed by atoms with Crippen molar-refractivity contribution in [1.82, 2.24) is 10.2 Å². The number of methoxy groups -OCH3 is 1. The number of nitrogens with zero attached hydrogens (tertiary/aromatic N) is 1. The molecule has 1 heterocycles. The molecule has 0 amide bonds. The van der Waals surface area contributed by atoms with Gasteiger partial charge < -0.3 is 15.0 Å². The second kappa shape index (κ2) is 8.49. The molecule has 0 unspecified atom stereocenters. The molecule has 24 heavy (non-hydrogen) atoms. The molecule has 1 saturated carbocycles. The van der Waals surface area contributed by atoms with Gasteiger partial charge in [-0.25, -0.2) is 0 Å². The average molecular weight is 361 g/mol. The molecule has 5 heteroatoms. The van der Waals surface area contributed by atoms with Crippen molar-refractivity contribution < 1.29 is 4.74 Å². The van der Waals surface area contributed by atoms with E-state index in [9.17, 15) is 0 Å². The summed E-state index contributed by atoms with van der Waals surface area (Å²) < 4.78 is 5.21. The molecule has 0 bridgehead atoms. The zero-order chi connectivity index (χ0) is 16.8. The summed E-state index contributed by atoms with van der Waals surface area (Å²) in [4.78, 5) is 3.76. The second-order valence-electron chi connectivity index (χ2n) is 6.15. The van der Waals surface area contributed by atoms with Crippen LogP contribution in [-0.4, -0.2) is 23.2 Å². The summed E-state index contributed by atoms with van der Waals surface area (Å²) in [6.07, 6.45) is 5.12. The monoisotopic (exact) mass is 360 g/mol. The maximum Gasteiger partial charge on any atom is 0.169 e. The molecule has 3 rings (SSSR count). The van der Waals surface area contributed by atoms with Crippen molar-refractivity contribution in [2.75, 3.05) is 7.11 Å². The zero-order valence-electron chi connectivity index (χ0n) is 14.0. The van der Waals surface area contributed by atoms with Crippen molar-refractivity contribution in [3.63, 3.8) is 0 Å². The van der Waals surface area contributed by atoms with E-state index in [0.717, 1.165) is 24.0 Å². The second-order valence-corrected chi connectivity index (χ2v) is 7.57. The first-order valence-corrected chi connectivity index (χ1v) is 9.75. The smallest absolute Gasteiger partial charge is 0.169 e. The van der Waals surface area contributed by atoms with Crippen LogP contribution in [0.5, 0.6) is 5.75 Å². The van der Waals surface area contributed by atoms with Crippen LogP contribution in [0.2, 0.25) is 0 Å². The van der Waals surface area contributed by atoms with Crippen LogP contribution < -0.4 is 10.1 Å². The predicted molar refractivity (Wildman–Crippen MR) is 105 cm³/mol. The lowest BCUT2D eigenvalue weighted by Crippen LogP contribution is -2.44. The Balaban J connectivity index is 1.61. The number of benzene rings is 1. The molecule has 1 aromatic carbocycles. The standard InChI is InChI=1S/C19H24N2OS2/c1-22-17-10-8-15(9-11-17)13-20-19(23)21(16-5-2-3-6-16)14-18-7-4-12-24-18/h4,7-12,16H,2-3,5-6,13-14H2,1H3,(H,20,23). The Hall–Kier alpha value is -1.59. The summed E-state index contributed by atoms with van der Waals surface area (Å²) in [7, 11) is 1.69. The fraction of sp³-hybridized carbons (Fsp3) is 0.421. The summed E-state index contributed by atoms with van der Waals surface area (Å²) in [6.45, 7) is 1.66. The maximum absolute atomic E-state index is 5.73. The van der Waals surface area contributed by atoms with Gasteiger partial charge in [-0.05, 0) is 54.2 Å². The van der Waals surface area contributed by atoms with Crippen molar-refractivity contribution >= 4 is 28.7 Å². The number of hydrogen-bond donors (Lipinski definition) is 1. The Bertz CT molecular complexity index is 634. The molecular weight excluding hydrogens is 336 g/mol. The van der Waals surface area contributed by atoms with Crippen molar-refractivity contribution in [2.24, 2.45) is 0 Å². The topological polar surface area (TPSA) is 24.5 Å². The molecule has 1 aromatic heterocycles. The van der Waals surface area contributed by atoms with Crippen LogP contribution in [-0.2, 0) is 13.1 Å². The van der Waals surface area contributed by atoms with Gasteiger partial charge in [0, 0.05) is 17.5 Å². The highest BCUT2D eigenvalue weighted by Gasteiger charge is 2.24. The fourth-order valence-corrected chi connectivity index (χ4v) is 4.16. The van der Waals surface area contributed by atoms with Gasteiger partial charge in [-0.2, -0.15) is 0 Å². The lowest BCUT2D eigenvalue weighted by atomic mass is 10.2. The Morgan fingerprint density at radius 2 is 2.00 bits per heavy atom. The molecule has 1 fully saturated rings. The van der Waals surface area contributed by atoms with E-state index in [1.54, 1.807) is 18.4 Å². The summed E-state index contributed by atoms with van der Waals surface area (Å²) in [5, 5.41) is 6.45. The molecule has 1 aliphatic rings. The van der Waals surface area contributed by atoms with Gasteiger partial charge in [0.1, 0.15) is 5.75 Å². The third-order valence-corrected chi connectivity index (χ3v) is 5.78. The van der Waals surface area contributed by atoms with E-state index in [1.807, 2.05) is 12.1 Å². The van der Waals surface area contributed by atoms with E-state index in [4.69, 9.17) is 17.0 Å². The number of rotatable bonds is 6. The van der Waals surface area contributed by atoms with Gasteiger partial charge in [-0.15, -0.1) is 11.3 Å². The highest BCUT2D eigenvalue weighted by atomic mass is 32.1. The highest BCUT2D eigenvalue weighted by molar-refractivity contribution is 7.80. The van der Waals surface area contributed by atoms with Gasteiger partial charge in [-0.1, -0.05) is 31.0 Å². The largest absolute Gasteiger partial charge is 0.497 e. The van der Waals surface area contributed by atoms with Crippen LogP contribution in [0.1, 0.15) is 36.1 Å². The van der Waals surface area contributed by atoms with Gasteiger partial charge in [0.25, 0.3) is 0 Å². The van der Waals surface area contributed by atoms with Crippen molar-refractivity contribution in [3.05, 3.63) is 52.2 Å². The Morgan fingerprint density at radius 1 is 1.25 bits per heavy atom. The molecule has 1 aliphatic carbocycles. The van der Waals surface area contributed by atoms with Crippen LogP contribution >= 0.6 is 23.6 Å². The third-order valence-electron chi connectivity index (χ3n) is 4.54. The Morgan fingerprint density at radius 3 is 2.62 bits per heavy atom. The van der Waals surface area contributed by atoms with Crippen LogP contribution in [0.3, 0.4) is 0 Å². The molecule has 1 N–H and O–H groups in total. The minimum atomic E-state index is 0.572. The number of ether oxygens (including phenoxy) is 1. The quantitative estimate of drug-likeness (QED) is 0.762. The lowest BCUT2D eigenvalue weighted by molar-refractivity contribution is 0.305. The Labute approximate surface area is 153 Å². The van der Waals surface area contributed by atoms with Crippen LogP contribution in [0.15, 0.2) is 41.8 Å². The van der Waals surface area contributed by atoms with Crippen molar-refractivity contribution in [2.45, 2.75) is 44.8 Å². The summed E-state index contributed by atoms with van der Waals surface area (Å²) >= 11 is 7.53. The van der Waals surface area contributed by atoms with E-state index in [0.29, 0.717) is 6.04 Å². The van der Waals surface area contributed by atoms with Crippen LogP contribution in [0.25, 0.3) is 0 Å². The summed E-state index contributed by atoms with van der Waals surface area (Å²) in [5.74, 6) is 0.881. The van der Waals surface area contributed by atoms with Crippen LogP contribution in [0.4, 0.5) is 0 Å². The van der Waals surface area contributed by atoms with Gasteiger partial charge in [0.15, 0.2) is 5.11 Å². The summed E-state index contributed by atoms with van der Waals surface area (Å²) in [6, 6.07) is 13.0. The first kappa shape index (κ1) is 17.2. The molecule has 0 radical (unpaired) electrons. The van der Waals surface area contributed by atoms with E-state index >= 15 is 0 Å². The SMILES string of the molecule is COc1ccc(CNC(=S)N(Cc2cccs2)C2CCCC2)cc1. The third kappa shape index (κ3) is 4.48. The van der Waals surface area contributed by atoms with Crippen molar-refractivity contribution in [1.29, 1.82) is 0 Å². The van der Waals surface area contributed by atoms with Crippen LogP contribution in [0, 0.1) is 0 Å². The van der Waals surface area contributed by atoms with Gasteiger partial charge in [0.2, 0.25) is 0 Å². The first-order chi connectivity index (χ1) is 11.8. The zero-order valence-corrected chi connectivity index (χ0v) is 15.7. The van der Waals surface area contributed by atoms with Crippen molar-refractivity contribution in [3.8, 4) is 5.75 Å². The molecule has 0 saturated heterocycles. The Kier molecular flexibility index (Phi) is 6.10. The van der Waals surface area contributed by atoms with Gasteiger partial charge >= 0.3 is 0 Å². The van der Waals surface area contributed by atoms with Gasteiger partial charge in [-0.3, -0.25) is 0 Å². The fourth-order valence-electron chi connectivity index (χ4n) is 3.18. The normalized spacial score (nSPS) is 14.5. The molecule has 0 atom stereocenters. The number of thiocarbonyl (C=S) groups is 1. The lowest BCUT2D eigenvalue weighted by Gasteiger charge is -2.31. The van der Waals surface area contributed by atoms with E-state index in [-0.39, 0.29) is 0 Å². The number of hydrogen-bond acceptors (Lipinski definition) is 3. The first-order valence-electron chi connectivity index (χ1n) is 8.46. The van der Waals surface area contributed by atoms with E-state index in [2.05, 4.69) is 39.9 Å². The molecule has 0 aliphatic heterocycles. The van der Waals surface area contributed by atoms with E-state index in [1.165, 1.54) is 36.1 Å². The molecule has 3 nitrogen and oxygen atoms in total. The minimum Gasteiger partial charge on any atom is -0.497 e. The van der Waals surface area contributed by atoms with E-state index < -0.39 is 0 Å². The maximum atomic E-state index is 5.73. The van der Waals surface area contributed by atoms with Gasteiger partial charge in [0.05, 0.1) is 13.7 Å². The summed E-state index contributed by atoms with van der Waals surface area (Å²) in [5.41, 5.74) is 1.21. The average Bonchev–Trinajstić information content (AvgIpc) is 3.31. The minimum absolute atomic E-state index is 0.572. The molecule has 2 aromatic rings.